The van der Waals surface area contributed by atoms with Crippen LogP contribution in [0.25, 0.3) is 0 Å². The maximum atomic E-state index is 12.3. The molecule has 2 N–H and O–H groups in total. The van der Waals surface area contributed by atoms with Crippen LogP contribution < -0.4 is 0 Å². The Labute approximate surface area is 160 Å². The van der Waals surface area contributed by atoms with Gasteiger partial charge in [0.2, 0.25) is 0 Å². The number of epoxide rings is 1. The first-order valence-electron chi connectivity index (χ1n) is 9.89. The summed E-state index contributed by atoms with van der Waals surface area (Å²) >= 11 is 0. The molecule has 0 amide bonds. The highest BCUT2D eigenvalue weighted by Gasteiger charge is 2.81. The van der Waals surface area contributed by atoms with Gasteiger partial charge in [0.15, 0.2) is 0 Å². The van der Waals surface area contributed by atoms with Gasteiger partial charge < -0.3 is 24.4 Å². The number of hydrogen-bond donors (Lipinski definition) is 2. The number of hydrogen-bond acceptors (Lipinski definition) is 6. The van der Waals surface area contributed by atoms with E-state index in [4.69, 9.17) is 19.3 Å². The second-order valence-electron chi connectivity index (χ2n) is 8.92. The van der Waals surface area contributed by atoms with Crippen molar-refractivity contribution < 1.29 is 29.2 Å². The first-order chi connectivity index (χ1) is 12.8. The number of esters is 1. The van der Waals surface area contributed by atoms with Gasteiger partial charge in [0, 0.05) is 29.9 Å². The Balaban J connectivity index is 1.64. The first-order valence-corrected chi connectivity index (χ1v) is 9.89. The van der Waals surface area contributed by atoms with Crippen molar-refractivity contribution in [2.45, 2.75) is 70.4 Å². The molecule has 0 unspecified atom stereocenters. The molecule has 2 heterocycles. The number of ether oxygens (including phenoxy) is 3. The second kappa shape index (κ2) is 6.41. The van der Waals surface area contributed by atoms with Crippen LogP contribution in [-0.4, -0.2) is 59.9 Å². The fraction of sp³-hybridized carbons (Fsp3) is 0.762. The Morgan fingerprint density at radius 2 is 2.22 bits per heavy atom. The summed E-state index contributed by atoms with van der Waals surface area (Å²) in [7, 11) is 0. The van der Waals surface area contributed by atoms with Gasteiger partial charge in [0.25, 0.3) is 0 Å². The summed E-state index contributed by atoms with van der Waals surface area (Å²) < 4.78 is 18.0. The molecule has 150 valence electrons. The van der Waals surface area contributed by atoms with E-state index in [0.29, 0.717) is 19.4 Å². The fourth-order valence-electron chi connectivity index (χ4n) is 5.69. The van der Waals surface area contributed by atoms with Gasteiger partial charge in [-0.3, -0.25) is 0 Å². The van der Waals surface area contributed by atoms with E-state index < -0.39 is 28.5 Å². The van der Waals surface area contributed by atoms with E-state index in [1.54, 1.807) is 6.92 Å². The third kappa shape index (κ3) is 2.57. The zero-order chi connectivity index (χ0) is 19.4. The molecule has 2 saturated heterocycles. The number of aliphatic hydroxyl groups is 2. The van der Waals surface area contributed by atoms with Gasteiger partial charge in [-0.1, -0.05) is 24.1 Å². The quantitative estimate of drug-likeness (QED) is 0.329. The van der Waals surface area contributed by atoms with E-state index in [0.717, 1.165) is 18.4 Å². The standard InChI is InChI=1S/C21H30O6/c1-13-4-6-20(11-25-18(24)9-14(2)5-7-22)16(8-13)27-17-10-15(23)19(20,3)21(17)12-26-21/h8-9,15-17,22-23H,4-7,10-12H2,1-3H3/b14-9+/t15-,16-,17-,19+,20-,21-/m1/s1. The maximum Gasteiger partial charge on any atom is 0.330 e. The largest absolute Gasteiger partial charge is 0.462 e. The van der Waals surface area contributed by atoms with Crippen molar-refractivity contribution in [2.24, 2.45) is 10.8 Å². The molecule has 4 rings (SSSR count). The number of carbonyl (C=O) groups is 1. The summed E-state index contributed by atoms with van der Waals surface area (Å²) in [6.07, 6.45) is 5.42. The molecular formula is C21H30O6. The first kappa shape index (κ1) is 19.1. The van der Waals surface area contributed by atoms with Crippen molar-refractivity contribution in [3.05, 3.63) is 23.3 Å². The van der Waals surface area contributed by atoms with Crippen LogP contribution in [0.15, 0.2) is 23.3 Å². The Morgan fingerprint density at radius 3 is 2.89 bits per heavy atom. The number of allylic oxidation sites excluding steroid dienone is 1. The van der Waals surface area contributed by atoms with Crippen LogP contribution in [0, 0.1) is 10.8 Å². The second-order valence-corrected chi connectivity index (χ2v) is 8.92. The summed E-state index contributed by atoms with van der Waals surface area (Å²) in [5.74, 6) is -0.413. The van der Waals surface area contributed by atoms with Crippen molar-refractivity contribution in [2.75, 3.05) is 19.8 Å². The minimum absolute atomic E-state index is 0.00501. The summed E-state index contributed by atoms with van der Waals surface area (Å²) in [6.45, 7) is 6.77. The Hall–Kier alpha value is -1.21. The molecule has 6 heteroatoms. The summed E-state index contributed by atoms with van der Waals surface area (Å²) in [5.41, 5.74) is 0.561. The molecule has 0 aromatic rings. The van der Waals surface area contributed by atoms with Crippen LogP contribution >= 0.6 is 0 Å². The molecule has 2 bridgehead atoms. The average molecular weight is 378 g/mol. The molecule has 27 heavy (non-hydrogen) atoms. The predicted octanol–water partition coefficient (Wildman–Crippen LogP) is 1.89. The van der Waals surface area contributed by atoms with Gasteiger partial charge in [-0.15, -0.1) is 0 Å². The zero-order valence-electron chi connectivity index (χ0n) is 16.4. The molecule has 0 aromatic heterocycles. The van der Waals surface area contributed by atoms with Gasteiger partial charge in [-0.25, -0.2) is 4.79 Å². The lowest BCUT2D eigenvalue weighted by atomic mass is 9.51. The third-order valence-corrected chi connectivity index (χ3v) is 7.59. The minimum atomic E-state index is -0.549. The Kier molecular flexibility index (Phi) is 4.54. The van der Waals surface area contributed by atoms with Crippen LogP contribution in [0.5, 0.6) is 0 Å². The monoisotopic (exact) mass is 378 g/mol. The molecule has 1 saturated carbocycles. The van der Waals surface area contributed by atoms with E-state index in [1.165, 1.54) is 11.6 Å². The van der Waals surface area contributed by atoms with E-state index in [2.05, 4.69) is 19.9 Å². The predicted molar refractivity (Wildman–Crippen MR) is 97.9 cm³/mol. The number of fused-ring (bicyclic) bond motifs is 2. The molecule has 0 aromatic carbocycles. The van der Waals surface area contributed by atoms with E-state index in [1.807, 2.05) is 0 Å². The lowest BCUT2D eigenvalue weighted by Gasteiger charge is -2.58. The summed E-state index contributed by atoms with van der Waals surface area (Å²) in [4.78, 5) is 12.3. The van der Waals surface area contributed by atoms with E-state index in [-0.39, 0.29) is 25.4 Å². The van der Waals surface area contributed by atoms with Crippen LogP contribution in [0.2, 0.25) is 0 Å². The van der Waals surface area contributed by atoms with Crippen molar-refractivity contribution in [1.29, 1.82) is 0 Å². The van der Waals surface area contributed by atoms with Gasteiger partial charge in [0.1, 0.15) is 12.2 Å². The average Bonchev–Trinajstić information content (AvgIpc) is 3.38. The highest BCUT2D eigenvalue weighted by Crippen LogP contribution is 2.71. The Morgan fingerprint density at radius 1 is 1.48 bits per heavy atom. The number of rotatable bonds is 5. The zero-order valence-corrected chi connectivity index (χ0v) is 16.4. The highest BCUT2D eigenvalue weighted by molar-refractivity contribution is 5.82. The van der Waals surface area contributed by atoms with Crippen LogP contribution in [-0.2, 0) is 19.0 Å². The molecule has 2 aliphatic carbocycles. The molecule has 6 nitrogen and oxygen atoms in total. The van der Waals surface area contributed by atoms with E-state index >= 15 is 0 Å². The van der Waals surface area contributed by atoms with Crippen LogP contribution in [0.3, 0.4) is 0 Å². The molecule has 3 fully saturated rings. The summed E-state index contributed by atoms with van der Waals surface area (Å²) in [6, 6.07) is 0. The van der Waals surface area contributed by atoms with Crippen molar-refractivity contribution in [3.8, 4) is 0 Å². The molecule has 0 radical (unpaired) electrons. The van der Waals surface area contributed by atoms with E-state index in [9.17, 15) is 9.90 Å². The van der Waals surface area contributed by atoms with Gasteiger partial charge in [-0.05, 0) is 33.1 Å². The van der Waals surface area contributed by atoms with Crippen molar-refractivity contribution >= 4 is 5.97 Å². The minimum Gasteiger partial charge on any atom is -0.462 e. The third-order valence-electron chi connectivity index (χ3n) is 7.59. The number of carbonyl (C=O) groups excluding carboxylic acids is 1. The van der Waals surface area contributed by atoms with Gasteiger partial charge in [-0.2, -0.15) is 0 Å². The molecule has 4 aliphatic rings. The number of aliphatic hydroxyl groups excluding tert-OH is 2. The van der Waals surface area contributed by atoms with Crippen LogP contribution in [0.4, 0.5) is 0 Å². The molecule has 1 spiro atoms. The van der Waals surface area contributed by atoms with Gasteiger partial charge in [0.05, 0.1) is 24.9 Å². The SMILES string of the molecule is CC1=C[C@H]2O[C@@H]3C[C@@H](O)[C@@](C)([C@@]2(COC(=O)/C=C(\C)CCO)CC1)[C@@]31CO1. The van der Waals surface area contributed by atoms with Crippen molar-refractivity contribution in [3.63, 3.8) is 0 Å². The molecule has 2 aliphatic heterocycles. The Bertz CT molecular complexity index is 693. The normalized spacial score (nSPS) is 45.4. The summed E-state index contributed by atoms with van der Waals surface area (Å²) in [5, 5.41) is 20.0. The smallest absolute Gasteiger partial charge is 0.330 e. The van der Waals surface area contributed by atoms with Crippen LogP contribution in [0.1, 0.15) is 46.5 Å². The van der Waals surface area contributed by atoms with Crippen molar-refractivity contribution in [1.82, 2.24) is 0 Å². The topological polar surface area (TPSA) is 88.5 Å². The molecular weight excluding hydrogens is 348 g/mol. The van der Waals surface area contributed by atoms with Gasteiger partial charge >= 0.3 is 5.97 Å². The molecule has 6 atom stereocenters. The maximum absolute atomic E-state index is 12.3. The lowest BCUT2D eigenvalue weighted by molar-refractivity contribution is -0.229. The lowest BCUT2D eigenvalue weighted by Crippen LogP contribution is -2.66. The highest BCUT2D eigenvalue weighted by atomic mass is 16.6. The fourth-order valence-corrected chi connectivity index (χ4v) is 5.69.